The SMILES string of the molecule is COc1ccccc1[C@@H](C)NC(=O)CN[C@@H](C)Cn1cc(C)cn1. The second-order valence-corrected chi connectivity index (χ2v) is 6.05. The highest BCUT2D eigenvalue weighted by Crippen LogP contribution is 2.23. The summed E-state index contributed by atoms with van der Waals surface area (Å²) in [4.78, 5) is 12.2. The average molecular weight is 330 g/mol. The van der Waals surface area contributed by atoms with Gasteiger partial charge in [-0.3, -0.25) is 9.48 Å². The summed E-state index contributed by atoms with van der Waals surface area (Å²) in [7, 11) is 1.63. The Hall–Kier alpha value is -2.34. The Bertz CT molecular complexity index is 669. The van der Waals surface area contributed by atoms with Crippen molar-refractivity contribution in [3.8, 4) is 5.75 Å². The van der Waals surface area contributed by atoms with Crippen LogP contribution in [0.3, 0.4) is 0 Å². The maximum Gasteiger partial charge on any atom is 0.234 e. The standard InChI is InChI=1S/C18H26N4O2/c1-13-9-20-22(11-13)12-14(2)19-10-18(23)21-15(3)16-7-5-6-8-17(16)24-4/h5-9,11,14-15,19H,10,12H2,1-4H3,(H,21,23)/t14-,15+/m0/s1. The van der Waals surface area contributed by atoms with E-state index in [1.54, 1.807) is 7.11 Å². The van der Waals surface area contributed by atoms with Crippen molar-refractivity contribution < 1.29 is 9.53 Å². The second kappa shape index (κ2) is 8.49. The lowest BCUT2D eigenvalue weighted by atomic mass is 10.1. The largest absolute Gasteiger partial charge is 0.496 e. The number of rotatable bonds is 8. The van der Waals surface area contributed by atoms with Crippen molar-refractivity contribution in [1.82, 2.24) is 20.4 Å². The maximum atomic E-state index is 12.2. The Morgan fingerprint density at radius 3 is 2.75 bits per heavy atom. The van der Waals surface area contributed by atoms with Gasteiger partial charge in [0, 0.05) is 17.8 Å². The Kier molecular flexibility index (Phi) is 6.37. The van der Waals surface area contributed by atoms with Crippen LogP contribution in [0, 0.1) is 6.92 Å². The summed E-state index contributed by atoms with van der Waals surface area (Å²) in [5.74, 6) is 0.734. The van der Waals surface area contributed by atoms with E-state index >= 15 is 0 Å². The van der Waals surface area contributed by atoms with Crippen LogP contribution in [0.2, 0.25) is 0 Å². The molecular weight excluding hydrogens is 304 g/mol. The van der Waals surface area contributed by atoms with Crippen LogP contribution in [0.4, 0.5) is 0 Å². The normalized spacial score (nSPS) is 13.3. The number of aryl methyl sites for hydroxylation is 1. The van der Waals surface area contributed by atoms with E-state index in [9.17, 15) is 4.79 Å². The number of nitrogens with one attached hydrogen (secondary N) is 2. The lowest BCUT2D eigenvalue weighted by Gasteiger charge is -2.18. The first-order valence-corrected chi connectivity index (χ1v) is 8.14. The van der Waals surface area contributed by atoms with E-state index in [1.165, 1.54) is 0 Å². The van der Waals surface area contributed by atoms with Crippen LogP contribution >= 0.6 is 0 Å². The lowest BCUT2D eigenvalue weighted by Crippen LogP contribution is -2.40. The molecule has 0 bridgehead atoms. The van der Waals surface area contributed by atoms with Gasteiger partial charge in [0.05, 0.1) is 32.4 Å². The van der Waals surface area contributed by atoms with Gasteiger partial charge in [0.25, 0.3) is 0 Å². The van der Waals surface area contributed by atoms with Crippen molar-refractivity contribution >= 4 is 5.91 Å². The molecule has 6 nitrogen and oxygen atoms in total. The van der Waals surface area contributed by atoms with Crippen molar-refractivity contribution in [2.24, 2.45) is 0 Å². The van der Waals surface area contributed by atoms with Crippen LogP contribution in [0.25, 0.3) is 0 Å². The summed E-state index contributed by atoms with van der Waals surface area (Å²) in [6, 6.07) is 7.74. The van der Waals surface area contributed by atoms with E-state index < -0.39 is 0 Å². The number of carbonyl (C=O) groups excluding carboxylic acids is 1. The predicted molar refractivity (Wildman–Crippen MR) is 94.0 cm³/mol. The summed E-state index contributed by atoms with van der Waals surface area (Å²) in [5, 5.41) is 10.5. The molecule has 0 unspecified atom stereocenters. The molecule has 130 valence electrons. The Morgan fingerprint density at radius 2 is 2.08 bits per heavy atom. The Balaban J connectivity index is 1.80. The molecule has 0 fully saturated rings. The number of hydrogen-bond acceptors (Lipinski definition) is 4. The van der Waals surface area contributed by atoms with E-state index in [1.807, 2.05) is 62.1 Å². The molecule has 6 heteroatoms. The number of carbonyl (C=O) groups is 1. The molecule has 0 spiro atoms. The topological polar surface area (TPSA) is 68.2 Å². The first kappa shape index (κ1) is 18.0. The molecule has 1 heterocycles. The molecule has 2 rings (SSSR count). The van der Waals surface area contributed by atoms with Gasteiger partial charge in [-0.15, -0.1) is 0 Å². The van der Waals surface area contributed by atoms with Gasteiger partial charge in [-0.1, -0.05) is 18.2 Å². The molecule has 1 aromatic heterocycles. The zero-order valence-corrected chi connectivity index (χ0v) is 14.7. The smallest absolute Gasteiger partial charge is 0.234 e. The van der Waals surface area contributed by atoms with Crippen molar-refractivity contribution in [2.45, 2.75) is 39.4 Å². The molecule has 24 heavy (non-hydrogen) atoms. The molecule has 0 aliphatic heterocycles. The van der Waals surface area contributed by atoms with Gasteiger partial charge in [-0.2, -0.15) is 5.10 Å². The molecule has 0 aliphatic carbocycles. The van der Waals surface area contributed by atoms with Gasteiger partial charge in [0.2, 0.25) is 5.91 Å². The molecule has 0 saturated heterocycles. The van der Waals surface area contributed by atoms with E-state index in [0.29, 0.717) is 0 Å². The first-order valence-electron chi connectivity index (χ1n) is 8.14. The van der Waals surface area contributed by atoms with E-state index in [2.05, 4.69) is 15.7 Å². The number of hydrogen-bond donors (Lipinski definition) is 2. The van der Waals surface area contributed by atoms with Gasteiger partial charge in [-0.05, 0) is 32.4 Å². The van der Waals surface area contributed by atoms with Crippen LogP contribution in [0.5, 0.6) is 5.75 Å². The van der Waals surface area contributed by atoms with E-state index in [0.717, 1.165) is 23.4 Å². The minimum Gasteiger partial charge on any atom is -0.496 e. The van der Waals surface area contributed by atoms with Crippen LogP contribution in [0.15, 0.2) is 36.7 Å². The highest BCUT2D eigenvalue weighted by atomic mass is 16.5. The monoisotopic (exact) mass is 330 g/mol. The number of benzene rings is 1. The molecule has 1 aromatic carbocycles. The molecule has 1 amide bonds. The fourth-order valence-corrected chi connectivity index (χ4v) is 2.57. The van der Waals surface area contributed by atoms with Gasteiger partial charge >= 0.3 is 0 Å². The highest BCUT2D eigenvalue weighted by molar-refractivity contribution is 5.78. The van der Waals surface area contributed by atoms with E-state index in [-0.39, 0.29) is 24.5 Å². The number of amides is 1. The minimum absolute atomic E-state index is 0.0445. The van der Waals surface area contributed by atoms with Gasteiger partial charge < -0.3 is 15.4 Å². The summed E-state index contributed by atoms with van der Waals surface area (Å²) in [6.45, 7) is 6.98. The number of para-hydroxylation sites is 1. The predicted octanol–water partition coefficient (Wildman–Crippen LogP) is 2.06. The molecule has 2 atom stereocenters. The zero-order valence-electron chi connectivity index (χ0n) is 14.7. The third kappa shape index (κ3) is 5.09. The second-order valence-electron chi connectivity index (χ2n) is 6.05. The fraction of sp³-hybridized carbons (Fsp3) is 0.444. The first-order chi connectivity index (χ1) is 11.5. The van der Waals surface area contributed by atoms with Crippen LogP contribution in [-0.2, 0) is 11.3 Å². The Labute approximate surface area is 143 Å². The summed E-state index contributed by atoms with van der Waals surface area (Å²) >= 11 is 0. The van der Waals surface area contributed by atoms with Crippen molar-refractivity contribution in [3.63, 3.8) is 0 Å². The van der Waals surface area contributed by atoms with Gasteiger partial charge in [0.15, 0.2) is 0 Å². The van der Waals surface area contributed by atoms with Gasteiger partial charge in [-0.25, -0.2) is 0 Å². The molecule has 0 aliphatic rings. The zero-order chi connectivity index (χ0) is 17.5. The third-order valence-corrected chi connectivity index (χ3v) is 3.82. The average Bonchev–Trinajstić information content (AvgIpc) is 2.97. The number of nitrogens with zero attached hydrogens (tertiary/aromatic N) is 2. The van der Waals surface area contributed by atoms with Crippen molar-refractivity contribution in [2.75, 3.05) is 13.7 Å². The maximum absolute atomic E-state index is 12.2. The molecule has 0 saturated carbocycles. The Morgan fingerprint density at radius 1 is 1.33 bits per heavy atom. The number of methoxy groups -OCH3 is 1. The molecule has 0 radical (unpaired) electrons. The summed E-state index contributed by atoms with van der Waals surface area (Å²) < 4.78 is 7.22. The highest BCUT2D eigenvalue weighted by Gasteiger charge is 2.14. The van der Waals surface area contributed by atoms with Gasteiger partial charge in [0.1, 0.15) is 5.75 Å². The number of aromatic nitrogens is 2. The lowest BCUT2D eigenvalue weighted by molar-refractivity contribution is -0.121. The summed E-state index contributed by atoms with van der Waals surface area (Å²) in [5.41, 5.74) is 2.10. The van der Waals surface area contributed by atoms with Crippen LogP contribution in [0.1, 0.15) is 31.0 Å². The molecule has 2 aromatic rings. The van der Waals surface area contributed by atoms with E-state index in [4.69, 9.17) is 4.74 Å². The molecule has 2 N–H and O–H groups in total. The molecular formula is C18H26N4O2. The van der Waals surface area contributed by atoms with Crippen LogP contribution < -0.4 is 15.4 Å². The quantitative estimate of drug-likeness (QED) is 0.777. The fourth-order valence-electron chi connectivity index (χ4n) is 2.57. The number of ether oxygens (including phenoxy) is 1. The van der Waals surface area contributed by atoms with Crippen molar-refractivity contribution in [3.05, 3.63) is 47.8 Å². The minimum atomic E-state index is -0.112. The van der Waals surface area contributed by atoms with Crippen LogP contribution in [-0.4, -0.2) is 35.4 Å². The summed E-state index contributed by atoms with van der Waals surface area (Å²) in [6.07, 6.45) is 3.82. The third-order valence-electron chi connectivity index (χ3n) is 3.82. The van der Waals surface area contributed by atoms with Crippen molar-refractivity contribution in [1.29, 1.82) is 0 Å².